The van der Waals surface area contributed by atoms with Crippen LogP contribution in [0.4, 0.5) is 0 Å². The van der Waals surface area contributed by atoms with Gasteiger partial charge >= 0.3 is 0 Å². The highest BCUT2D eigenvalue weighted by Gasteiger charge is 2.19. The summed E-state index contributed by atoms with van der Waals surface area (Å²) in [5.41, 5.74) is 7.13. The SMILES string of the molecule is NCC(c1ccncc1)N1CCCOCC1. The number of nitrogens with zero attached hydrogens (tertiary/aromatic N) is 2. The first-order valence-electron chi connectivity index (χ1n) is 5.83. The van der Waals surface area contributed by atoms with Gasteiger partial charge in [0.05, 0.1) is 6.61 Å². The van der Waals surface area contributed by atoms with Gasteiger partial charge in [-0.2, -0.15) is 0 Å². The van der Waals surface area contributed by atoms with Crippen molar-refractivity contribution in [2.45, 2.75) is 12.5 Å². The molecule has 0 radical (unpaired) electrons. The molecule has 1 atom stereocenters. The third kappa shape index (κ3) is 2.78. The second-order valence-corrected chi connectivity index (χ2v) is 4.03. The monoisotopic (exact) mass is 221 g/mol. The highest BCUT2D eigenvalue weighted by molar-refractivity contribution is 5.15. The molecule has 0 aromatic carbocycles. The first-order valence-corrected chi connectivity index (χ1v) is 5.83. The smallest absolute Gasteiger partial charge is 0.0593 e. The standard InChI is InChI=1S/C12H19N3O/c13-10-12(11-2-4-14-5-3-11)15-6-1-8-16-9-7-15/h2-5,12H,1,6-10,13H2. The average Bonchev–Trinajstić information content (AvgIpc) is 2.61. The van der Waals surface area contributed by atoms with E-state index < -0.39 is 0 Å². The fraction of sp³-hybridized carbons (Fsp3) is 0.583. The van der Waals surface area contributed by atoms with Crippen LogP contribution in [0.15, 0.2) is 24.5 Å². The lowest BCUT2D eigenvalue weighted by atomic mass is 10.1. The summed E-state index contributed by atoms with van der Waals surface area (Å²) in [5.74, 6) is 0. The van der Waals surface area contributed by atoms with Gasteiger partial charge in [-0.05, 0) is 24.1 Å². The predicted octanol–water partition coefficient (Wildman–Crippen LogP) is 0.804. The van der Waals surface area contributed by atoms with Gasteiger partial charge in [0, 0.05) is 44.7 Å². The molecule has 1 saturated heterocycles. The molecule has 0 amide bonds. The van der Waals surface area contributed by atoms with Gasteiger partial charge in [-0.25, -0.2) is 0 Å². The van der Waals surface area contributed by atoms with Crippen molar-refractivity contribution in [1.29, 1.82) is 0 Å². The molecular weight excluding hydrogens is 202 g/mol. The molecule has 4 nitrogen and oxygen atoms in total. The minimum absolute atomic E-state index is 0.296. The van der Waals surface area contributed by atoms with E-state index in [4.69, 9.17) is 10.5 Å². The van der Waals surface area contributed by atoms with E-state index in [1.54, 1.807) is 0 Å². The molecule has 16 heavy (non-hydrogen) atoms. The summed E-state index contributed by atoms with van der Waals surface area (Å²) < 4.78 is 5.46. The Labute approximate surface area is 96.4 Å². The van der Waals surface area contributed by atoms with Crippen molar-refractivity contribution in [2.24, 2.45) is 5.73 Å². The van der Waals surface area contributed by atoms with E-state index in [1.807, 2.05) is 24.5 Å². The zero-order chi connectivity index (χ0) is 11.2. The van der Waals surface area contributed by atoms with Gasteiger partial charge in [0.25, 0.3) is 0 Å². The minimum atomic E-state index is 0.296. The lowest BCUT2D eigenvalue weighted by molar-refractivity contribution is 0.132. The Bertz CT molecular complexity index is 296. The molecule has 0 spiro atoms. The van der Waals surface area contributed by atoms with Gasteiger partial charge in [-0.1, -0.05) is 0 Å². The number of ether oxygens (including phenoxy) is 1. The van der Waals surface area contributed by atoms with Crippen molar-refractivity contribution in [3.63, 3.8) is 0 Å². The Morgan fingerprint density at radius 3 is 2.88 bits per heavy atom. The third-order valence-electron chi connectivity index (χ3n) is 3.01. The fourth-order valence-electron chi connectivity index (χ4n) is 2.16. The first-order chi connectivity index (χ1) is 7.92. The van der Waals surface area contributed by atoms with E-state index >= 15 is 0 Å². The molecule has 1 fully saturated rings. The maximum Gasteiger partial charge on any atom is 0.0593 e. The van der Waals surface area contributed by atoms with E-state index in [-0.39, 0.29) is 0 Å². The van der Waals surface area contributed by atoms with Crippen LogP contribution in [-0.2, 0) is 4.74 Å². The second kappa shape index (κ2) is 5.94. The third-order valence-corrected chi connectivity index (χ3v) is 3.01. The number of rotatable bonds is 3. The van der Waals surface area contributed by atoms with Gasteiger partial charge < -0.3 is 10.5 Å². The Balaban J connectivity index is 2.09. The number of hydrogen-bond donors (Lipinski definition) is 1. The van der Waals surface area contributed by atoms with Crippen LogP contribution >= 0.6 is 0 Å². The molecule has 1 aliphatic rings. The maximum absolute atomic E-state index is 5.88. The van der Waals surface area contributed by atoms with Gasteiger partial charge in [0.1, 0.15) is 0 Å². The fourth-order valence-corrected chi connectivity index (χ4v) is 2.16. The van der Waals surface area contributed by atoms with E-state index in [0.29, 0.717) is 12.6 Å². The number of aromatic nitrogens is 1. The molecule has 0 aliphatic carbocycles. The lowest BCUT2D eigenvalue weighted by Gasteiger charge is -2.29. The predicted molar refractivity (Wildman–Crippen MR) is 63.0 cm³/mol. The van der Waals surface area contributed by atoms with Crippen LogP contribution < -0.4 is 5.73 Å². The summed E-state index contributed by atoms with van der Waals surface area (Å²) >= 11 is 0. The van der Waals surface area contributed by atoms with Crippen LogP contribution in [0.3, 0.4) is 0 Å². The molecule has 1 aromatic heterocycles. The van der Waals surface area contributed by atoms with Crippen LogP contribution in [-0.4, -0.2) is 42.7 Å². The maximum atomic E-state index is 5.88. The molecule has 0 bridgehead atoms. The summed E-state index contributed by atoms with van der Waals surface area (Å²) in [6.07, 6.45) is 4.74. The molecule has 0 saturated carbocycles. The van der Waals surface area contributed by atoms with Crippen LogP contribution in [0, 0.1) is 0 Å². The molecule has 2 heterocycles. The second-order valence-electron chi connectivity index (χ2n) is 4.03. The Morgan fingerprint density at radius 2 is 2.12 bits per heavy atom. The molecule has 4 heteroatoms. The topological polar surface area (TPSA) is 51.4 Å². The van der Waals surface area contributed by atoms with Gasteiger partial charge in [-0.15, -0.1) is 0 Å². The Kier molecular flexibility index (Phi) is 4.27. The lowest BCUT2D eigenvalue weighted by Crippen LogP contribution is -2.35. The molecule has 1 aromatic rings. The Hall–Kier alpha value is -0.970. The average molecular weight is 221 g/mol. The summed E-state index contributed by atoms with van der Waals surface area (Å²) in [5, 5.41) is 0. The van der Waals surface area contributed by atoms with Crippen molar-refractivity contribution < 1.29 is 4.74 Å². The molecular formula is C12H19N3O. The van der Waals surface area contributed by atoms with E-state index in [9.17, 15) is 0 Å². The molecule has 2 N–H and O–H groups in total. The van der Waals surface area contributed by atoms with Crippen molar-refractivity contribution >= 4 is 0 Å². The summed E-state index contributed by atoms with van der Waals surface area (Å²) in [6, 6.07) is 4.39. The van der Waals surface area contributed by atoms with Crippen molar-refractivity contribution in [2.75, 3.05) is 32.8 Å². The highest BCUT2D eigenvalue weighted by Crippen LogP contribution is 2.19. The summed E-state index contributed by atoms with van der Waals surface area (Å²) in [4.78, 5) is 6.45. The molecule has 2 rings (SSSR count). The van der Waals surface area contributed by atoms with Gasteiger partial charge in [0.2, 0.25) is 0 Å². The zero-order valence-electron chi connectivity index (χ0n) is 9.51. The van der Waals surface area contributed by atoms with Gasteiger partial charge in [-0.3, -0.25) is 9.88 Å². The van der Waals surface area contributed by atoms with Gasteiger partial charge in [0.15, 0.2) is 0 Å². The van der Waals surface area contributed by atoms with E-state index in [0.717, 1.165) is 32.7 Å². The van der Waals surface area contributed by atoms with E-state index in [1.165, 1.54) is 5.56 Å². The summed E-state index contributed by atoms with van der Waals surface area (Å²) in [7, 11) is 0. The van der Waals surface area contributed by atoms with Crippen molar-refractivity contribution in [1.82, 2.24) is 9.88 Å². The largest absolute Gasteiger partial charge is 0.380 e. The molecule has 1 unspecified atom stereocenters. The quantitative estimate of drug-likeness (QED) is 0.820. The Morgan fingerprint density at radius 1 is 1.31 bits per heavy atom. The summed E-state index contributed by atoms with van der Waals surface area (Å²) in [6.45, 7) is 4.34. The highest BCUT2D eigenvalue weighted by atomic mass is 16.5. The first kappa shape index (κ1) is 11.5. The molecule has 88 valence electrons. The zero-order valence-corrected chi connectivity index (χ0v) is 9.51. The molecule has 1 aliphatic heterocycles. The van der Waals surface area contributed by atoms with Crippen LogP contribution in [0.25, 0.3) is 0 Å². The minimum Gasteiger partial charge on any atom is -0.380 e. The van der Waals surface area contributed by atoms with Crippen LogP contribution in [0.5, 0.6) is 0 Å². The number of pyridine rings is 1. The van der Waals surface area contributed by atoms with E-state index in [2.05, 4.69) is 9.88 Å². The normalized spacial score (nSPS) is 20.3. The van der Waals surface area contributed by atoms with Crippen LogP contribution in [0.2, 0.25) is 0 Å². The van der Waals surface area contributed by atoms with Crippen molar-refractivity contribution in [3.05, 3.63) is 30.1 Å². The van der Waals surface area contributed by atoms with Crippen LogP contribution in [0.1, 0.15) is 18.0 Å². The number of hydrogen-bond acceptors (Lipinski definition) is 4. The number of nitrogens with two attached hydrogens (primary N) is 1. The van der Waals surface area contributed by atoms with Crippen molar-refractivity contribution in [3.8, 4) is 0 Å².